The molecule has 1 aromatic rings. The molecule has 0 aliphatic heterocycles. The van der Waals surface area contributed by atoms with E-state index in [-0.39, 0.29) is 24.0 Å². The molecular weight excluding hydrogens is 381 g/mol. The predicted molar refractivity (Wildman–Crippen MR) is 93.6 cm³/mol. The summed E-state index contributed by atoms with van der Waals surface area (Å²) in [5, 5.41) is 10.5. The monoisotopic (exact) mass is 404 g/mol. The van der Waals surface area contributed by atoms with Gasteiger partial charge < -0.3 is 19.3 Å². The first-order valence-corrected chi connectivity index (χ1v) is 8.60. The summed E-state index contributed by atoms with van der Waals surface area (Å²) in [7, 11) is 2.26. The minimum atomic E-state index is -4.93. The summed E-state index contributed by atoms with van der Waals surface area (Å²) in [6.45, 7) is 4.00. The maximum Gasteiger partial charge on any atom is 0.573 e. The topological polar surface area (TPSA) is 82.1 Å². The molecule has 0 aromatic heterocycles. The number of methoxy groups -OCH3 is 2. The van der Waals surface area contributed by atoms with Crippen LogP contribution in [-0.2, 0) is 19.1 Å². The molecule has 1 aromatic carbocycles. The Labute approximate surface area is 160 Å². The van der Waals surface area contributed by atoms with Crippen LogP contribution in [0.5, 0.6) is 5.75 Å². The quantitative estimate of drug-likeness (QED) is 0.755. The molecule has 2 rings (SSSR count). The van der Waals surface area contributed by atoms with Crippen LogP contribution in [0.2, 0.25) is 0 Å². The molecule has 156 valence electrons. The third-order valence-electron chi connectivity index (χ3n) is 4.10. The number of benzene rings is 1. The number of alkyl halides is 3. The summed E-state index contributed by atoms with van der Waals surface area (Å²) in [5.74, 6) is -4.36. The van der Waals surface area contributed by atoms with Gasteiger partial charge in [0, 0.05) is 11.5 Å². The maximum atomic E-state index is 12.7. The highest BCUT2D eigenvalue weighted by molar-refractivity contribution is 5.90. The van der Waals surface area contributed by atoms with Crippen molar-refractivity contribution in [3.8, 4) is 5.75 Å². The van der Waals surface area contributed by atoms with Crippen molar-refractivity contribution in [3.05, 3.63) is 41.2 Å². The van der Waals surface area contributed by atoms with Crippen LogP contribution in [0, 0.1) is 5.92 Å². The van der Waals surface area contributed by atoms with E-state index in [0.29, 0.717) is 0 Å². The Morgan fingerprint density at radius 3 is 2.25 bits per heavy atom. The first-order valence-electron chi connectivity index (χ1n) is 8.60. The van der Waals surface area contributed by atoms with Crippen molar-refractivity contribution in [2.45, 2.75) is 39.0 Å². The molecule has 0 saturated heterocycles. The highest BCUT2D eigenvalue weighted by Gasteiger charge is 2.40. The molecule has 0 radical (unpaired) electrons. The molecule has 9 heteroatoms. The van der Waals surface area contributed by atoms with Crippen LogP contribution in [0.3, 0.4) is 0 Å². The van der Waals surface area contributed by atoms with Gasteiger partial charge in [-0.15, -0.1) is 13.2 Å². The Morgan fingerprint density at radius 2 is 1.71 bits per heavy atom. The molecule has 2 atom stereocenters. The van der Waals surface area contributed by atoms with Crippen LogP contribution in [0.1, 0.15) is 38.2 Å². The summed E-state index contributed by atoms with van der Waals surface area (Å²) in [5.41, 5.74) is -0.182. The molecule has 1 aliphatic carbocycles. The first kappa shape index (κ1) is 23.3. The fourth-order valence-corrected chi connectivity index (χ4v) is 2.96. The van der Waals surface area contributed by atoms with E-state index >= 15 is 0 Å². The van der Waals surface area contributed by atoms with Gasteiger partial charge in [-0.25, -0.2) is 4.79 Å². The number of aliphatic hydroxyl groups is 1. The lowest BCUT2D eigenvalue weighted by Crippen LogP contribution is -2.29. The third-order valence-corrected chi connectivity index (χ3v) is 4.10. The van der Waals surface area contributed by atoms with Crippen molar-refractivity contribution in [2.24, 2.45) is 5.92 Å². The number of allylic oxidation sites excluding steroid dienone is 1. The van der Waals surface area contributed by atoms with Gasteiger partial charge in [0.05, 0.1) is 25.7 Å². The van der Waals surface area contributed by atoms with Crippen molar-refractivity contribution in [2.75, 3.05) is 14.2 Å². The van der Waals surface area contributed by atoms with Crippen LogP contribution < -0.4 is 4.74 Å². The molecule has 0 bridgehead atoms. The minimum absolute atomic E-state index is 0.00247. The summed E-state index contributed by atoms with van der Waals surface area (Å²) < 4.78 is 51.3. The molecule has 0 fully saturated rings. The van der Waals surface area contributed by atoms with Crippen molar-refractivity contribution in [3.63, 3.8) is 0 Å². The zero-order valence-corrected chi connectivity index (χ0v) is 16.0. The average Bonchev–Trinajstić information content (AvgIpc) is 2.68. The van der Waals surface area contributed by atoms with Gasteiger partial charge in [0.15, 0.2) is 0 Å². The number of aliphatic hydroxyl groups excluding tert-OH is 1. The largest absolute Gasteiger partial charge is 0.573 e. The number of esters is 2. The fraction of sp³-hybridized carbons (Fsp3) is 0.474. The zero-order valence-electron chi connectivity index (χ0n) is 16.0. The number of rotatable bonds is 4. The van der Waals surface area contributed by atoms with Crippen LogP contribution >= 0.6 is 0 Å². The van der Waals surface area contributed by atoms with Gasteiger partial charge in [-0.05, 0) is 18.9 Å². The van der Waals surface area contributed by atoms with E-state index in [0.717, 1.165) is 20.3 Å². The molecule has 1 N–H and O–H groups in total. The number of carbonyl (C=O) groups is 2. The van der Waals surface area contributed by atoms with E-state index in [1.807, 2.05) is 13.8 Å². The lowest BCUT2D eigenvalue weighted by molar-refractivity contribution is -0.275. The normalized spacial score (nSPS) is 19.2. The van der Waals surface area contributed by atoms with Gasteiger partial charge >= 0.3 is 18.3 Å². The van der Waals surface area contributed by atoms with E-state index < -0.39 is 41.6 Å². The van der Waals surface area contributed by atoms with E-state index in [9.17, 15) is 27.9 Å². The summed E-state index contributed by atoms with van der Waals surface area (Å²) in [6.07, 6.45) is -5.11. The molecule has 0 amide bonds. The lowest BCUT2D eigenvalue weighted by atomic mass is 9.77. The Bertz CT molecular complexity index is 727. The summed E-state index contributed by atoms with van der Waals surface area (Å²) in [4.78, 5) is 23.9. The highest BCUT2D eigenvalue weighted by Crippen LogP contribution is 2.43. The van der Waals surface area contributed by atoms with E-state index in [2.05, 4.69) is 14.2 Å². The minimum Gasteiger partial charge on any atom is -0.511 e. The smallest absolute Gasteiger partial charge is 0.511 e. The van der Waals surface area contributed by atoms with Crippen molar-refractivity contribution >= 4 is 11.9 Å². The Kier molecular flexibility index (Phi) is 8.34. The van der Waals surface area contributed by atoms with Crippen LogP contribution in [0.15, 0.2) is 35.6 Å². The van der Waals surface area contributed by atoms with Gasteiger partial charge in [-0.1, -0.05) is 32.0 Å². The third kappa shape index (κ3) is 5.64. The van der Waals surface area contributed by atoms with Crippen LogP contribution in [-0.4, -0.2) is 37.6 Å². The molecule has 28 heavy (non-hydrogen) atoms. The number of ether oxygens (including phenoxy) is 3. The van der Waals surface area contributed by atoms with Gasteiger partial charge in [0.25, 0.3) is 0 Å². The van der Waals surface area contributed by atoms with Gasteiger partial charge in [-0.3, -0.25) is 4.79 Å². The molecule has 0 spiro atoms. The molecule has 6 nitrogen and oxygen atoms in total. The number of halogens is 3. The molecule has 1 aliphatic rings. The van der Waals surface area contributed by atoms with Gasteiger partial charge in [0.1, 0.15) is 11.5 Å². The second-order valence-corrected chi connectivity index (χ2v) is 5.65. The SMILES string of the molecule is CC.COC(=O)C1=C(O)C(c2ccccc2OC(F)(F)F)CC(C(=O)OC)C1. The Hall–Kier alpha value is -2.71. The summed E-state index contributed by atoms with van der Waals surface area (Å²) in [6, 6.07) is 5.23. The standard InChI is InChI=1S/C17H17F3O6.C2H6/c1-24-15(22)9-7-11(14(21)12(8-9)16(23)25-2)10-5-3-4-6-13(10)26-17(18,19)20;1-2/h3-6,9,11,21H,7-8H2,1-2H3;1-2H3. The fourth-order valence-electron chi connectivity index (χ4n) is 2.96. The highest BCUT2D eigenvalue weighted by atomic mass is 19.4. The number of hydrogen-bond acceptors (Lipinski definition) is 6. The Balaban J connectivity index is 0.00000190. The first-order chi connectivity index (χ1) is 13.2. The number of hydrogen-bond donors (Lipinski definition) is 1. The molecule has 2 unspecified atom stereocenters. The van der Waals surface area contributed by atoms with Gasteiger partial charge in [0.2, 0.25) is 0 Å². The van der Waals surface area contributed by atoms with E-state index in [1.165, 1.54) is 18.2 Å². The number of para-hydroxylation sites is 1. The molecule has 0 saturated carbocycles. The van der Waals surface area contributed by atoms with Crippen molar-refractivity contribution in [1.82, 2.24) is 0 Å². The molecule has 0 heterocycles. The maximum absolute atomic E-state index is 12.7. The van der Waals surface area contributed by atoms with Crippen LogP contribution in [0.25, 0.3) is 0 Å². The molecular formula is C19H23F3O6. The van der Waals surface area contributed by atoms with E-state index in [4.69, 9.17) is 0 Å². The van der Waals surface area contributed by atoms with E-state index in [1.54, 1.807) is 0 Å². The second kappa shape index (κ2) is 10.0. The average molecular weight is 404 g/mol. The summed E-state index contributed by atoms with van der Waals surface area (Å²) >= 11 is 0. The zero-order chi connectivity index (χ0) is 21.5. The number of carbonyl (C=O) groups excluding carboxylic acids is 2. The second-order valence-electron chi connectivity index (χ2n) is 5.65. The van der Waals surface area contributed by atoms with Crippen LogP contribution in [0.4, 0.5) is 13.2 Å². The van der Waals surface area contributed by atoms with Crippen molar-refractivity contribution < 1.29 is 42.1 Å². The predicted octanol–water partition coefficient (Wildman–Crippen LogP) is 4.26. The lowest BCUT2D eigenvalue weighted by Gasteiger charge is -2.30. The van der Waals surface area contributed by atoms with Crippen molar-refractivity contribution in [1.29, 1.82) is 0 Å². The Morgan fingerprint density at radius 1 is 1.11 bits per heavy atom. The van der Waals surface area contributed by atoms with Gasteiger partial charge in [-0.2, -0.15) is 0 Å².